The molecule has 0 radical (unpaired) electrons. The zero-order valence-electron chi connectivity index (χ0n) is 19.1. The van der Waals surface area contributed by atoms with Crippen LogP contribution in [0.25, 0.3) is 6.08 Å². The number of methoxy groups -OCH3 is 1. The largest absolute Gasteiger partial charge is 0.504 e. The maximum Gasteiger partial charge on any atom is 0.287 e. The molecule has 0 saturated heterocycles. The number of hydrogen-bond acceptors (Lipinski definition) is 6. The molecule has 8 nitrogen and oxygen atoms in total. The van der Waals surface area contributed by atoms with Gasteiger partial charge in [-0.15, -0.1) is 0 Å². The lowest BCUT2D eigenvalue weighted by Crippen LogP contribution is -2.32. The fourth-order valence-corrected chi connectivity index (χ4v) is 3.01. The van der Waals surface area contributed by atoms with E-state index in [9.17, 15) is 14.7 Å². The summed E-state index contributed by atoms with van der Waals surface area (Å²) in [5.41, 5.74) is 4.89. The van der Waals surface area contributed by atoms with Gasteiger partial charge in [-0.1, -0.05) is 36.4 Å². The van der Waals surface area contributed by atoms with Gasteiger partial charge in [-0.05, 0) is 48.0 Å². The van der Waals surface area contributed by atoms with Crippen LogP contribution in [-0.4, -0.2) is 44.3 Å². The van der Waals surface area contributed by atoms with Gasteiger partial charge in [0, 0.05) is 30.9 Å². The summed E-state index contributed by atoms with van der Waals surface area (Å²) in [6.07, 6.45) is 2.85. The third-order valence-electron chi connectivity index (χ3n) is 4.87. The Morgan fingerprint density at radius 1 is 0.971 bits per heavy atom. The minimum absolute atomic E-state index is 0.0125. The number of carbonyl (C=O) groups excluding carboxylic acids is 2. The fourth-order valence-electron chi connectivity index (χ4n) is 3.01. The number of amides is 2. The van der Waals surface area contributed by atoms with E-state index in [1.165, 1.54) is 13.3 Å². The van der Waals surface area contributed by atoms with Gasteiger partial charge in [-0.25, -0.2) is 5.43 Å². The Kier molecular flexibility index (Phi) is 8.02. The number of phenolic OH excluding ortho intramolecular Hbond substituents is 1. The summed E-state index contributed by atoms with van der Waals surface area (Å²) < 4.78 is 5.07. The van der Waals surface area contributed by atoms with Crippen LogP contribution in [0.4, 0.5) is 5.69 Å². The van der Waals surface area contributed by atoms with Gasteiger partial charge in [0.05, 0.1) is 13.3 Å². The summed E-state index contributed by atoms with van der Waals surface area (Å²) in [5, 5.41) is 16.7. The summed E-state index contributed by atoms with van der Waals surface area (Å²) in [6, 6.07) is 21.0. The van der Waals surface area contributed by atoms with Gasteiger partial charge in [-0.2, -0.15) is 5.10 Å². The van der Waals surface area contributed by atoms with E-state index in [1.807, 2.05) is 43.3 Å². The smallest absolute Gasteiger partial charge is 0.287 e. The lowest BCUT2D eigenvalue weighted by Gasteiger charge is -2.12. The highest BCUT2D eigenvalue weighted by Crippen LogP contribution is 2.27. The van der Waals surface area contributed by atoms with Crippen LogP contribution in [0.1, 0.15) is 21.5 Å². The Hall–Kier alpha value is -4.59. The first-order valence-electron chi connectivity index (χ1n) is 10.4. The molecule has 34 heavy (non-hydrogen) atoms. The van der Waals surface area contributed by atoms with Crippen molar-refractivity contribution in [2.24, 2.45) is 5.10 Å². The monoisotopic (exact) mass is 458 g/mol. The predicted molar refractivity (Wildman–Crippen MR) is 133 cm³/mol. The van der Waals surface area contributed by atoms with E-state index in [1.54, 1.807) is 54.6 Å². The Balaban J connectivity index is 1.83. The van der Waals surface area contributed by atoms with Crippen LogP contribution in [0.3, 0.4) is 0 Å². The molecule has 0 aromatic heterocycles. The second kappa shape index (κ2) is 11.3. The van der Waals surface area contributed by atoms with Crippen molar-refractivity contribution in [1.82, 2.24) is 10.7 Å². The number of benzene rings is 3. The normalized spacial score (nSPS) is 11.2. The van der Waals surface area contributed by atoms with Gasteiger partial charge in [0.15, 0.2) is 11.5 Å². The molecule has 2 amide bonds. The van der Waals surface area contributed by atoms with Crippen LogP contribution in [0, 0.1) is 0 Å². The lowest BCUT2D eigenvalue weighted by atomic mass is 10.1. The second-order valence-electron chi connectivity index (χ2n) is 7.46. The summed E-state index contributed by atoms with van der Waals surface area (Å²) in [6.45, 7) is 0. The molecule has 3 aromatic rings. The molecule has 0 fully saturated rings. The Morgan fingerprint density at radius 3 is 2.32 bits per heavy atom. The maximum absolute atomic E-state index is 12.9. The second-order valence-corrected chi connectivity index (χ2v) is 7.46. The minimum atomic E-state index is -0.625. The van der Waals surface area contributed by atoms with Crippen LogP contribution in [0.2, 0.25) is 0 Å². The standard InChI is InChI=1S/C26H26N4O4/c1-30(2)21-14-12-18(13-15-21)16-22(28-25(32)19-8-5-4-6-9-19)26(33)29-27-17-20-10-7-11-23(34-3)24(20)31/h4-17,31H,1-3H3,(H,28,32)(H,29,33)/b22-16-,27-17+. The molecular weight excluding hydrogens is 432 g/mol. The highest BCUT2D eigenvalue weighted by Gasteiger charge is 2.14. The average molecular weight is 459 g/mol. The van der Waals surface area contributed by atoms with Crippen LogP contribution in [-0.2, 0) is 4.79 Å². The molecule has 0 unspecified atom stereocenters. The van der Waals surface area contributed by atoms with Gasteiger partial charge in [0.2, 0.25) is 0 Å². The quantitative estimate of drug-likeness (QED) is 0.273. The van der Waals surface area contributed by atoms with E-state index in [0.29, 0.717) is 11.1 Å². The molecule has 0 aliphatic rings. The average Bonchev–Trinajstić information content (AvgIpc) is 2.85. The first-order valence-corrected chi connectivity index (χ1v) is 10.4. The number of rotatable bonds is 8. The number of nitrogens with zero attached hydrogens (tertiary/aromatic N) is 2. The Bertz CT molecular complexity index is 1200. The molecule has 0 aliphatic carbocycles. The number of hydrogen-bond donors (Lipinski definition) is 3. The van der Waals surface area contributed by atoms with Gasteiger partial charge in [0.25, 0.3) is 11.8 Å². The third kappa shape index (κ3) is 6.23. The first kappa shape index (κ1) is 24.1. The van der Waals surface area contributed by atoms with E-state index in [0.717, 1.165) is 11.3 Å². The van der Waals surface area contributed by atoms with Crippen molar-refractivity contribution in [3.05, 3.63) is 95.2 Å². The first-order chi connectivity index (χ1) is 16.4. The van der Waals surface area contributed by atoms with Gasteiger partial charge >= 0.3 is 0 Å². The molecule has 174 valence electrons. The maximum atomic E-state index is 12.9. The molecule has 0 heterocycles. The van der Waals surface area contributed by atoms with Crippen LogP contribution >= 0.6 is 0 Å². The number of aromatic hydroxyl groups is 1. The Labute approximate surface area is 198 Å². The van der Waals surface area contributed by atoms with Crippen molar-refractivity contribution in [3.63, 3.8) is 0 Å². The topological polar surface area (TPSA) is 103 Å². The molecular formula is C26H26N4O4. The summed E-state index contributed by atoms with van der Waals surface area (Å²) in [5.74, 6) is -0.870. The molecule has 0 saturated carbocycles. The zero-order valence-corrected chi connectivity index (χ0v) is 19.1. The molecule has 0 bridgehead atoms. The van der Waals surface area contributed by atoms with Crippen LogP contribution in [0.15, 0.2) is 83.6 Å². The van der Waals surface area contributed by atoms with E-state index >= 15 is 0 Å². The minimum Gasteiger partial charge on any atom is -0.504 e. The number of hydrazone groups is 1. The van der Waals surface area contributed by atoms with Crippen molar-refractivity contribution in [2.45, 2.75) is 0 Å². The molecule has 0 aliphatic heterocycles. The van der Waals surface area contributed by atoms with E-state index in [-0.39, 0.29) is 17.2 Å². The molecule has 0 atom stereocenters. The number of carbonyl (C=O) groups is 2. The number of anilines is 1. The van der Waals surface area contributed by atoms with E-state index < -0.39 is 11.8 Å². The van der Waals surface area contributed by atoms with Crippen LogP contribution < -0.4 is 20.4 Å². The summed E-state index contributed by atoms with van der Waals surface area (Å²) in [4.78, 5) is 27.5. The predicted octanol–water partition coefficient (Wildman–Crippen LogP) is 3.39. The van der Waals surface area contributed by atoms with E-state index in [4.69, 9.17) is 4.74 Å². The SMILES string of the molecule is COc1cccc(/C=N/NC(=O)/C(=C/c2ccc(N(C)C)cc2)NC(=O)c2ccccc2)c1O. The molecule has 0 spiro atoms. The van der Waals surface area contributed by atoms with Crippen molar-refractivity contribution >= 4 is 29.8 Å². The molecule has 3 aromatic carbocycles. The third-order valence-corrected chi connectivity index (χ3v) is 4.87. The highest BCUT2D eigenvalue weighted by atomic mass is 16.5. The summed E-state index contributed by atoms with van der Waals surface area (Å²) in [7, 11) is 5.30. The zero-order chi connectivity index (χ0) is 24.5. The molecule has 3 N–H and O–H groups in total. The van der Waals surface area contributed by atoms with Crippen LogP contribution in [0.5, 0.6) is 11.5 Å². The molecule has 3 rings (SSSR count). The number of nitrogens with one attached hydrogen (secondary N) is 2. The van der Waals surface area contributed by atoms with Gasteiger partial charge in [-0.3, -0.25) is 9.59 Å². The summed E-state index contributed by atoms with van der Waals surface area (Å²) >= 11 is 0. The van der Waals surface area contributed by atoms with Crippen molar-refractivity contribution < 1.29 is 19.4 Å². The lowest BCUT2D eigenvalue weighted by molar-refractivity contribution is -0.117. The molecule has 8 heteroatoms. The fraction of sp³-hybridized carbons (Fsp3) is 0.115. The number of ether oxygens (including phenoxy) is 1. The van der Waals surface area contributed by atoms with Crippen molar-refractivity contribution in [1.29, 1.82) is 0 Å². The number of phenols is 1. The Morgan fingerprint density at radius 2 is 1.68 bits per heavy atom. The van der Waals surface area contributed by atoms with Gasteiger partial charge < -0.3 is 20.1 Å². The van der Waals surface area contributed by atoms with Crippen molar-refractivity contribution in [2.75, 3.05) is 26.1 Å². The van der Waals surface area contributed by atoms with Crippen molar-refractivity contribution in [3.8, 4) is 11.5 Å². The van der Waals surface area contributed by atoms with E-state index in [2.05, 4.69) is 15.8 Å². The number of para-hydroxylation sites is 1. The van der Waals surface area contributed by atoms with Gasteiger partial charge in [0.1, 0.15) is 5.70 Å². The highest BCUT2D eigenvalue weighted by molar-refractivity contribution is 6.05.